The molecule has 0 spiro atoms. The fourth-order valence-corrected chi connectivity index (χ4v) is 2.03. The number of aromatic nitrogens is 2. The third-order valence-corrected chi connectivity index (χ3v) is 3.19. The zero-order valence-corrected chi connectivity index (χ0v) is 10.9. The third-order valence-electron chi connectivity index (χ3n) is 3.19. The lowest BCUT2D eigenvalue weighted by Gasteiger charge is -2.20. The summed E-state index contributed by atoms with van der Waals surface area (Å²) in [6.45, 7) is 3.14. The normalized spacial score (nSPS) is 20.8. The summed E-state index contributed by atoms with van der Waals surface area (Å²) in [5, 5.41) is 2.94. The molecule has 6 nitrogen and oxygen atoms in total. The number of nitrogens with two attached hydrogens (primary N) is 1. The number of nitrogens with zero attached hydrogens (tertiary/aromatic N) is 2. The summed E-state index contributed by atoms with van der Waals surface area (Å²) in [7, 11) is 0. The number of hydrazine groups is 1. The minimum atomic E-state index is -4.55. The van der Waals surface area contributed by atoms with Gasteiger partial charge in [0.25, 0.3) is 0 Å². The molecule has 0 aromatic carbocycles. The molecule has 0 saturated carbocycles. The van der Waals surface area contributed by atoms with Gasteiger partial charge < -0.3 is 10.1 Å². The standard InChI is InChI=1S/C11H16F3N5O/c1-6(7-2-3-20-5-7)16-9-4-8(11(12,13)14)17-10(18-9)19-15/h4,6-7H,2-3,5,15H2,1H3,(H2,16,17,18,19). The number of nitrogens with one attached hydrogen (secondary N) is 2. The molecule has 1 saturated heterocycles. The Labute approximate surface area is 113 Å². The molecule has 0 bridgehead atoms. The third kappa shape index (κ3) is 3.48. The number of halogens is 3. The monoisotopic (exact) mass is 291 g/mol. The summed E-state index contributed by atoms with van der Waals surface area (Å²) in [5.41, 5.74) is 0.992. The Balaban J connectivity index is 2.17. The van der Waals surface area contributed by atoms with E-state index in [4.69, 9.17) is 10.6 Å². The molecule has 2 atom stereocenters. The minimum absolute atomic E-state index is 0.0564. The Morgan fingerprint density at radius 3 is 2.75 bits per heavy atom. The summed E-state index contributed by atoms with van der Waals surface area (Å²) in [6.07, 6.45) is -3.68. The van der Waals surface area contributed by atoms with Crippen LogP contribution in [0.2, 0.25) is 0 Å². The SMILES string of the molecule is CC(Nc1cc(C(F)(F)F)nc(NN)n1)C1CCOC1. The number of ether oxygens (including phenoxy) is 1. The lowest BCUT2D eigenvalue weighted by molar-refractivity contribution is -0.141. The highest BCUT2D eigenvalue weighted by atomic mass is 19.4. The summed E-state index contributed by atoms with van der Waals surface area (Å²) >= 11 is 0. The number of alkyl halides is 3. The Morgan fingerprint density at radius 1 is 1.45 bits per heavy atom. The van der Waals surface area contributed by atoms with Crippen molar-refractivity contribution in [3.05, 3.63) is 11.8 Å². The molecule has 2 heterocycles. The van der Waals surface area contributed by atoms with E-state index >= 15 is 0 Å². The second-order valence-electron chi connectivity index (χ2n) is 4.66. The van der Waals surface area contributed by atoms with Crippen LogP contribution in [-0.4, -0.2) is 29.2 Å². The predicted octanol–water partition coefficient (Wildman–Crippen LogP) is 1.62. The van der Waals surface area contributed by atoms with Gasteiger partial charge in [-0.1, -0.05) is 0 Å². The van der Waals surface area contributed by atoms with Gasteiger partial charge in [-0.15, -0.1) is 0 Å². The van der Waals surface area contributed by atoms with Crippen LogP contribution in [0.25, 0.3) is 0 Å². The molecule has 1 fully saturated rings. The summed E-state index contributed by atoms with van der Waals surface area (Å²) < 4.78 is 43.4. The molecule has 0 aliphatic carbocycles. The predicted molar refractivity (Wildman–Crippen MR) is 66.9 cm³/mol. The van der Waals surface area contributed by atoms with Gasteiger partial charge in [-0.2, -0.15) is 18.2 Å². The average Bonchev–Trinajstić information content (AvgIpc) is 2.91. The lowest BCUT2D eigenvalue weighted by atomic mass is 10.0. The van der Waals surface area contributed by atoms with Crippen LogP contribution in [0.4, 0.5) is 24.9 Å². The highest BCUT2D eigenvalue weighted by Crippen LogP contribution is 2.30. The molecule has 2 rings (SSSR count). The number of rotatable bonds is 4. The highest BCUT2D eigenvalue weighted by molar-refractivity contribution is 5.43. The average molecular weight is 291 g/mol. The van der Waals surface area contributed by atoms with Crippen molar-refractivity contribution in [3.63, 3.8) is 0 Å². The molecule has 1 aliphatic heterocycles. The van der Waals surface area contributed by atoms with E-state index in [0.29, 0.717) is 13.2 Å². The van der Waals surface area contributed by atoms with Crippen molar-refractivity contribution in [2.75, 3.05) is 24.0 Å². The first-order valence-corrected chi connectivity index (χ1v) is 6.17. The Morgan fingerprint density at radius 2 is 2.20 bits per heavy atom. The van der Waals surface area contributed by atoms with E-state index in [-0.39, 0.29) is 23.7 Å². The lowest BCUT2D eigenvalue weighted by Crippen LogP contribution is -2.27. The van der Waals surface area contributed by atoms with Crippen molar-refractivity contribution in [3.8, 4) is 0 Å². The van der Waals surface area contributed by atoms with E-state index in [1.165, 1.54) is 0 Å². The maximum Gasteiger partial charge on any atom is 0.433 e. The zero-order chi connectivity index (χ0) is 14.8. The van der Waals surface area contributed by atoms with E-state index in [2.05, 4.69) is 15.3 Å². The molecule has 0 radical (unpaired) electrons. The van der Waals surface area contributed by atoms with E-state index in [1.54, 1.807) is 0 Å². The van der Waals surface area contributed by atoms with Crippen molar-refractivity contribution in [2.24, 2.45) is 11.8 Å². The van der Waals surface area contributed by atoms with Crippen molar-refractivity contribution in [1.29, 1.82) is 0 Å². The van der Waals surface area contributed by atoms with E-state index < -0.39 is 11.9 Å². The van der Waals surface area contributed by atoms with E-state index in [1.807, 2.05) is 12.3 Å². The zero-order valence-electron chi connectivity index (χ0n) is 10.9. The molecule has 20 heavy (non-hydrogen) atoms. The first-order chi connectivity index (χ1) is 9.40. The molecule has 9 heteroatoms. The van der Waals surface area contributed by atoms with Crippen molar-refractivity contribution in [1.82, 2.24) is 9.97 Å². The van der Waals surface area contributed by atoms with Gasteiger partial charge in [0.15, 0.2) is 5.69 Å². The van der Waals surface area contributed by atoms with Crippen LogP contribution in [0, 0.1) is 5.92 Å². The molecular formula is C11H16F3N5O. The Hall–Kier alpha value is -1.61. The van der Waals surface area contributed by atoms with Gasteiger partial charge in [0.1, 0.15) is 5.82 Å². The second kappa shape index (κ2) is 5.80. The van der Waals surface area contributed by atoms with Crippen LogP contribution in [0.1, 0.15) is 19.0 Å². The first kappa shape index (κ1) is 14.8. The Kier molecular flexibility index (Phi) is 4.29. The highest BCUT2D eigenvalue weighted by Gasteiger charge is 2.34. The Bertz CT molecular complexity index is 462. The quantitative estimate of drug-likeness (QED) is 0.577. The fourth-order valence-electron chi connectivity index (χ4n) is 2.03. The molecule has 1 aliphatic rings. The molecule has 112 valence electrons. The van der Waals surface area contributed by atoms with Crippen LogP contribution in [0.5, 0.6) is 0 Å². The topological polar surface area (TPSA) is 85.1 Å². The van der Waals surface area contributed by atoms with Crippen molar-refractivity contribution >= 4 is 11.8 Å². The van der Waals surface area contributed by atoms with Crippen LogP contribution in [0.3, 0.4) is 0 Å². The largest absolute Gasteiger partial charge is 0.433 e. The summed E-state index contributed by atoms with van der Waals surface area (Å²) in [6, 6.07) is 0.812. The van der Waals surface area contributed by atoms with Crippen LogP contribution in [-0.2, 0) is 10.9 Å². The van der Waals surface area contributed by atoms with Crippen molar-refractivity contribution in [2.45, 2.75) is 25.6 Å². The molecule has 2 unspecified atom stereocenters. The molecule has 1 aromatic rings. The smallest absolute Gasteiger partial charge is 0.381 e. The van der Waals surface area contributed by atoms with Gasteiger partial charge in [0.05, 0.1) is 6.61 Å². The van der Waals surface area contributed by atoms with Gasteiger partial charge in [-0.05, 0) is 13.3 Å². The fraction of sp³-hybridized carbons (Fsp3) is 0.636. The van der Waals surface area contributed by atoms with Crippen molar-refractivity contribution < 1.29 is 17.9 Å². The minimum Gasteiger partial charge on any atom is -0.381 e. The summed E-state index contributed by atoms with van der Waals surface area (Å²) in [4.78, 5) is 7.17. The summed E-state index contributed by atoms with van der Waals surface area (Å²) in [5.74, 6) is 5.14. The number of nitrogen functional groups attached to an aromatic ring is 1. The first-order valence-electron chi connectivity index (χ1n) is 6.17. The van der Waals surface area contributed by atoms with Gasteiger partial charge >= 0.3 is 6.18 Å². The van der Waals surface area contributed by atoms with Crippen LogP contribution < -0.4 is 16.6 Å². The van der Waals surface area contributed by atoms with Crippen LogP contribution >= 0.6 is 0 Å². The number of hydrogen-bond acceptors (Lipinski definition) is 6. The maximum absolute atomic E-state index is 12.7. The van der Waals surface area contributed by atoms with Gasteiger partial charge in [-0.3, -0.25) is 5.43 Å². The van der Waals surface area contributed by atoms with Gasteiger partial charge in [0.2, 0.25) is 5.95 Å². The van der Waals surface area contributed by atoms with Gasteiger partial charge in [-0.25, -0.2) is 10.8 Å². The maximum atomic E-state index is 12.7. The van der Waals surface area contributed by atoms with E-state index in [9.17, 15) is 13.2 Å². The number of anilines is 2. The van der Waals surface area contributed by atoms with Crippen LogP contribution in [0.15, 0.2) is 6.07 Å². The number of hydrogen-bond donors (Lipinski definition) is 3. The van der Waals surface area contributed by atoms with E-state index in [0.717, 1.165) is 12.5 Å². The molecule has 4 N–H and O–H groups in total. The second-order valence-corrected chi connectivity index (χ2v) is 4.66. The molecule has 1 aromatic heterocycles. The molecule has 0 amide bonds. The van der Waals surface area contributed by atoms with Gasteiger partial charge in [0, 0.05) is 24.6 Å². The molecular weight excluding hydrogens is 275 g/mol.